The fraction of sp³-hybridized carbons (Fsp3) is 0.467. The van der Waals surface area contributed by atoms with Crippen molar-refractivity contribution in [3.05, 3.63) is 23.8 Å². The van der Waals surface area contributed by atoms with Crippen LogP contribution in [0.15, 0.2) is 18.2 Å². The molecule has 0 aliphatic carbocycles. The highest BCUT2D eigenvalue weighted by molar-refractivity contribution is 5.95. The smallest absolute Gasteiger partial charge is 0.251 e. The van der Waals surface area contributed by atoms with Gasteiger partial charge in [-0.15, -0.1) is 0 Å². The van der Waals surface area contributed by atoms with Gasteiger partial charge in [0.15, 0.2) is 0 Å². The first-order chi connectivity index (χ1) is 9.97. The van der Waals surface area contributed by atoms with Crippen LogP contribution in [0, 0.1) is 5.92 Å². The van der Waals surface area contributed by atoms with E-state index < -0.39 is 0 Å². The Balaban J connectivity index is 2.54. The van der Waals surface area contributed by atoms with Crippen molar-refractivity contribution in [3.8, 4) is 11.5 Å². The Kier molecular flexibility index (Phi) is 6.52. The molecule has 0 radical (unpaired) electrons. The summed E-state index contributed by atoms with van der Waals surface area (Å²) in [5.41, 5.74) is 0.446. The van der Waals surface area contributed by atoms with E-state index in [4.69, 9.17) is 9.47 Å². The highest BCUT2D eigenvalue weighted by atomic mass is 16.5. The Morgan fingerprint density at radius 3 is 2.00 bits per heavy atom. The van der Waals surface area contributed by atoms with Crippen molar-refractivity contribution in [1.29, 1.82) is 0 Å². The Labute approximate surface area is 124 Å². The highest BCUT2D eigenvalue weighted by Gasteiger charge is 2.10. The van der Waals surface area contributed by atoms with Gasteiger partial charge in [-0.25, -0.2) is 0 Å². The van der Waals surface area contributed by atoms with Crippen molar-refractivity contribution >= 4 is 11.8 Å². The first-order valence-corrected chi connectivity index (χ1v) is 6.77. The van der Waals surface area contributed by atoms with E-state index in [0.29, 0.717) is 30.2 Å². The SMILES string of the molecule is COc1cc(OC)cc(C(=O)NCCNC(=O)C(C)C)c1. The lowest BCUT2D eigenvalue weighted by molar-refractivity contribution is -0.123. The standard InChI is InChI=1S/C15H22N2O4/c1-10(2)14(18)16-5-6-17-15(19)11-7-12(20-3)9-13(8-11)21-4/h7-10H,5-6H2,1-4H3,(H,16,18)(H,17,19). The molecule has 1 aromatic rings. The van der Waals surface area contributed by atoms with Crippen LogP contribution >= 0.6 is 0 Å². The minimum atomic E-state index is -0.244. The fourth-order valence-corrected chi connectivity index (χ4v) is 1.61. The van der Waals surface area contributed by atoms with Crippen LogP contribution in [0.3, 0.4) is 0 Å². The molecule has 0 fully saturated rings. The average Bonchev–Trinajstić information content (AvgIpc) is 2.50. The summed E-state index contributed by atoms with van der Waals surface area (Å²) in [4.78, 5) is 23.4. The molecular weight excluding hydrogens is 272 g/mol. The summed E-state index contributed by atoms with van der Waals surface area (Å²) in [6.07, 6.45) is 0. The van der Waals surface area contributed by atoms with Crippen molar-refractivity contribution in [1.82, 2.24) is 10.6 Å². The normalized spacial score (nSPS) is 10.1. The van der Waals surface area contributed by atoms with Crippen molar-refractivity contribution < 1.29 is 19.1 Å². The molecule has 116 valence electrons. The number of carbonyl (C=O) groups is 2. The summed E-state index contributed by atoms with van der Waals surface area (Å²) >= 11 is 0. The lowest BCUT2D eigenvalue weighted by Crippen LogP contribution is -2.36. The molecule has 0 saturated carbocycles. The second-order valence-electron chi connectivity index (χ2n) is 4.80. The van der Waals surface area contributed by atoms with E-state index in [-0.39, 0.29) is 17.7 Å². The molecule has 1 rings (SSSR count). The van der Waals surface area contributed by atoms with Gasteiger partial charge >= 0.3 is 0 Å². The highest BCUT2D eigenvalue weighted by Crippen LogP contribution is 2.22. The van der Waals surface area contributed by atoms with Crippen molar-refractivity contribution in [2.75, 3.05) is 27.3 Å². The van der Waals surface area contributed by atoms with Gasteiger partial charge in [0.2, 0.25) is 5.91 Å². The molecule has 0 spiro atoms. The van der Waals surface area contributed by atoms with Gasteiger partial charge in [0.1, 0.15) is 11.5 Å². The number of carbonyl (C=O) groups excluding carboxylic acids is 2. The summed E-state index contributed by atoms with van der Waals surface area (Å²) in [7, 11) is 3.05. The summed E-state index contributed by atoms with van der Waals surface area (Å²) < 4.78 is 10.2. The minimum absolute atomic E-state index is 0.0349. The first-order valence-electron chi connectivity index (χ1n) is 6.77. The molecule has 2 N–H and O–H groups in total. The van der Waals surface area contributed by atoms with Gasteiger partial charge in [-0.2, -0.15) is 0 Å². The minimum Gasteiger partial charge on any atom is -0.497 e. The van der Waals surface area contributed by atoms with Crippen LogP contribution in [0.5, 0.6) is 11.5 Å². The Morgan fingerprint density at radius 2 is 1.52 bits per heavy atom. The average molecular weight is 294 g/mol. The number of methoxy groups -OCH3 is 2. The van der Waals surface area contributed by atoms with Crippen LogP contribution in [0.25, 0.3) is 0 Å². The van der Waals surface area contributed by atoms with Crippen LogP contribution in [0.1, 0.15) is 24.2 Å². The zero-order valence-electron chi connectivity index (χ0n) is 12.9. The molecule has 21 heavy (non-hydrogen) atoms. The van der Waals surface area contributed by atoms with E-state index in [0.717, 1.165) is 0 Å². The Morgan fingerprint density at radius 1 is 1.00 bits per heavy atom. The quantitative estimate of drug-likeness (QED) is 0.741. The summed E-state index contributed by atoms with van der Waals surface area (Å²) in [6, 6.07) is 4.95. The third kappa shape index (κ3) is 5.33. The first kappa shape index (κ1) is 16.8. The monoisotopic (exact) mass is 294 g/mol. The summed E-state index contributed by atoms with van der Waals surface area (Å²) in [5, 5.41) is 5.46. The molecule has 0 bridgehead atoms. The second kappa shape index (κ2) is 8.14. The Bertz CT molecular complexity index is 478. The molecule has 0 heterocycles. The maximum absolute atomic E-state index is 12.0. The predicted octanol–water partition coefficient (Wildman–Crippen LogP) is 1.21. The van der Waals surface area contributed by atoms with Crippen LogP contribution in [-0.4, -0.2) is 39.1 Å². The van der Waals surface area contributed by atoms with Crippen LogP contribution in [-0.2, 0) is 4.79 Å². The number of hydrogen-bond donors (Lipinski definition) is 2. The van der Waals surface area contributed by atoms with Crippen LogP contribution < -0.4 is 20.1 Å². The van der Waals surface area contributed by atoms with Gasteiger partial charge < -0.3 is 20.1 Å². The van der Waals surface area contributed by atoms with Crippen LogP contribution in [0.2, 0.25) is 0 Å². The predicted molar refractivity (Wildman–Crippen MR) is 79.7 cm³/mol. The molecular formula is C15H22N2O4. The molecule has 0 saturated heterocycles. The molecule has 6 nitrogen and oxygen atoms in total. The number of amides is 2. The molecule has 0 unspecified atom stereocenters. The van der Waals surface area contributed by atoms with Gasteiger partial charge in [-0.05, 0) is 12.1 Å². The third-order valence-corrected chi connectivity index (χ3v) is 2.85. The molecule has 1 aromatic carbocycles. The lowest BCUT2D eigenvalue weighted by atomic mass is 10.2. The topological polar surface area (TPSA) is 76.7 Å². The Hall–Kier alpha value is -2.24. The third-order valence-electron chi connectivity index (χ3n) is 2.85. The van der Waals surface area contributed by atoms with Crippen LogP contribution in [0.4, 0.5) is 0 Å². The molecule has 0 aliphatic heterocycles. The maximum Gasteiger partial charge on any atom is 0.251 e. The summed E-state index contributed by atoms with van der Waals surface area (Å²) in [5.74, 6) is 0.752. The number of hydrogen-bond acceptors (Lipinski definition) is 4. The van der Waals surface area contributed by atoms with Gasteiger partial charge in [0.05, 0.1) is 14.2 Å². The molecule has 0 atom stereocenters. The van der Waals surface area contributed by atoms with E-state index in [1.54, 1.807) is 18.2 Å². The molecule has 6 heteroatoms. The lowest BCUT2D eigenvalue weighted by Gasteiger charge is -2.10. The largest absolute Gasteiger partial charge is 0.497 e. The summed E-state index contributed by atoms with van der Waals surface area (Å²) in [6.45, 7) is 4.38. The fourth-order valence-electron chi connectivity index (χ4n) is 1.61. The van der Waals surface area contributed by atoms with Gasteiger partial charge in [-0.1, -0.05) is 13.8 Å². The van der Waals surface area contributed by atoms with Crippen molar-refractivity contribution in [2.24, 2.45) is 5.92 Å². The number of benzene rings is 1. The van der Waals surface area contributed by atoms with Gasteiger partial charge in [0, 0.05) is 30.6 Å². The second-order valence-corrected chi connectivity index (χ2v) is 4.80. The van der Waals surface area contributed by atoms with E-state index in [9.17, 15) is 9.59 Å². The number of nitrogens with one attached hydrogen (secondary N) is 2. The molecule has 0 aromatic heterocycles. The zero-order valence-corrected chi connectivity index (χ0v) is 12.9. The van der Waals surface area contributed by atoms with Crippen molar-refractivity contribution in [2.45, 2.75) is 13.8 Å². The molecule has 2 amide bonds. The van der Waals surface area contributed by atoms with Gasteiger partial charge in [-0.3, -0.25) is 9.59 Å². The zero-order chi connectivity index (χ0) is 15.8. The van der Waals surface area contributed by atoms with Crippen molar-refractivity contribution in [3.63, 3.8) is 0 Å². The van der Waals surface area contributed by atoms with E-state index >= 15 is 0 Å². The van der Waals surface area contributed by atoms with Gasteiger partial charge in [0.25, 0.3) is 5.91 Å². The maximum atomic E-state index is 12.0. The number of ether oxygens (including phenoxy) is 2. The van der Waals surface area contributed by atoms with E-state index in [1.807, 2.05) is 13.8 Å². The number of rotatable bonds is 7. The molecule has 0 aliphatic rings. The van der Waals surface area contributed by atoms with E-state index in [2.05, 4.69) is 10.6 Å². The van der Waals surface area contributed by atoms with E-state index in [1.165, 1.54) is 14.2 Å².